The van der Waals surface area contributed by atoms with Gasteiger partial charge in [-0.1, -0.05) is 0 Å². The molecular weight excluding hydrogens is 296 g/mol. The normalized spacial score (nSPS) is 14.0. The summed E-state index contributed by atoms with van der Waals surface area (Å²) in [6, 6.07) is 7.83. The zero-order chi connectivity index (χ0) is 14.9. The van der Waals surface area contributed by atoms with Gasteiger partial charge in [-0.2, -0.15) is 0 Å². The van der Waals surface area contributed by atoms with E-state index in [0.717, 1.165) is 36.4 Å². The number of thiophene rings is 1. The molecule has 1 amide bonds. The van der Waals surface area contributed by atoms with E-state index in [1.54, 1.807) is 11.3 Å². The summed E-state index contributed by atoms with van der Waals surface area (Å²) >= 11 is 1.68. The topological polar surface area (TPSA) is 59.8 Å². The van der Waals surface area contributed by atoms with Crippen LogP contribution in [0.15, 0.2) is 29.6 Å². The number of nitrogens with one attached hydrogen (secondary N) is 1. The van der Waals surface area contributed by atoms with Gasteiger partial charge in [0.05, 0.1) is 6.54 Å². The lowest BCUT2D eigenvalue weighted by atomic mass is 10.1. The van der Waals surface area contributed by atoms with Gasteiger partial charge in [0.25, 0.3) is 5.91 Å². The van der Waals surface area contributed by atoms with Crippen LogP contribution in [0.3, 0.4) is 0 Å². The van der Waals surface area contributed by atoms with Crippen LogP contribution in [-0.4, -0.2) is 20.7 Å². The third kappa shape index (κ3) is 2.39. The molecule has 1 aromatic carbocycles. The van der Waals surface area contributed by atoms with Crippen LogP contribution in [-0.2, 0) is 19.5 Å². The van der Waals surface area contributed by atoms with E-state index < -0.39 is 0 Å². The van der Waals surface area contributed by atoms with Gasteiger partial charge in [-0.15, -0.1) is 21.5 Å². The van der Waals surface area contributed by atoms with E-state index in [4.69, 9.17) is 0 Å². The Balaban J connectivity index is 1.49. The third-order valence-electron chi connectivity index (χ3n) is 4.06. The number of amides is 1. The molecule has 1 N–H and O–H groups in total. The van der Waals surface area contributed by atoms with Crippen molar-refractivity contribution in [2.24, 2.45) is 0 Å². The van der Waals surface area contributed by atoms with Gasteiger partial charge in [-0.25, -0.2) is 0 Å². The Labute approximate surface area is 132 Å². The highest BCUT2D eigenvalue weighted by Crippen LogP contribution is 2.21. The fourth-order valence-corrected chi connectivity index (χ4v) is 3.64. The van der Waals surface area contributed by atoms with E-state index >= 15 is 0 Å². The average Bonchev–Trinajstić information content (AvgIpc) is 3.18. The van der Waals surface area contributed by atoms with Gasteiger partial charge >= 0.3 is 0 Å². The summed E-state index contributed by atoms with van der Waals surface area (Å²) in [5.41, 5.74) is 0.685. The van der Waals surface area contributed by atoms with Crippen molar-refractivity contribution in [3.8, 4) is 0 Å². The SMILES string of the molecule is O=C(NCc1nnc2n1CCCC2)c1ccc2sccc2c1. The molecule has 0 saturated carbocycles. The maximum absolute atomic E-state index is 12.3. The molecule has 0 saturated heterocycles. The van der Waals surface area contributed by atoms with Crippen molar-refractivity contribution in [2.75, 3.05) is 0 Å². The highest BCUT2D eigenvalue weighted by Gasteiger charge is 2.16. The minimum atomic E-state index is -0.0683. The van der Waals surface area contributed by atoms with Crippen LogP contribution >= 0.6 is 11.3 Å². The highest BCUT2D eigenvalue weighted by molar-refractivity contribution is 7.17. The number of aromatic nitrogens is 3. The molecule has 1 aliphatic heterocycles. The molecule has 3 aromatic rings. The Bertz CT molecular complexity index is 836. The van der Waals surface area contributed by atoms with Crippen molar-refractivity contribution in [2.45, 2.75) is 32.4 Å². The minimum Gasteiger partial charge on any atom is -0.345 e. The Kier molecular flexibility index (Phi) is 3.38. The van der Waals surface area contributed by atoms with E-state index in [2.05, 4.69) is 20.1 Å². The Morgan fingerprint density at radius 2 is 2.23 bits per heavy atom. The quantitative estimate of drug-likeness (QED) is 0.809. The van der Waals surface area contributed by atoms with Gasteiger partial charge in [0.2, 0.25) is 0 Å². The van der Waals surface area contributed by atoms with Gasteiger partial charge in [0.1, 0.15) is 5.82 Å². The Hall–Kier alpha value is -2.21. The average molecular weight is 312 g/mol. The van der Waals surface area contributed by atoms with E-state index in [1.807, 2.05) is 29.6 Å². The number of hydrogen-bond acceptors (Lipinski definition) is 4. The first-order valence-electron chi connectivity index (χ1n) is 7.48. The molecule has 5 nitrogen and oxygen atoms in total. The van der Waals surface area contributed by atoms with E-state index in [9.17, 15) is 4.79 Å². The maximum atomic E-state index is 12.3. The Morgan fingerprint density at radius 3 is 3.18 bits per heavy atom. The highest BCUT2D eigenvalue weighted by atomic mass is 32.1. The standard InChI is InChI=1S/C16H16N4OS/c21-16(12-4-5-13-11(9-12)6-8-22-13)17-10-15-19-18-14-3-1-2-7-20(14)15/h4-6,8-9H,1-3,7,10H2,(H,17,21). The summed E-state index contributed by atoms with van der Waals surface area (Å²) in [4.78, 5) is 12.3. The molecule has 0 spiro atoms. The number of benzene rings is 1. The largest absolute Gasteiger partial charge is 0.345 e. The molecule has 0 fully saturated rings. The number of nitrogens with zero attached hydrogens (tertiary/aromatic N) is 3. The van der Waals surface area contributed by atoms with Crippen molar-refractivity contribution in [1.82, 2.24) is 20.1 Å². The minimum absolute atomic E-state index is 0.0683. The van der Waals surface area contributed by atoms with Crippen molar-refractivity contribution in [1.29, 1.82) is 0 Å². The van der Waals surface area contributed by atoms with Crippen LogP contribution in [0.5, 0.6) is 0 Å². The van der Waals surface area contributed by atoms with Crippen LogP contribution in [0.1, 0.15) is 34.8 Å². The second-order valence-corrected chi connectivity index (χ2v) is 6.44. The van der Waals surface area contributed by atoms with Crippen molar-refractivity contribution in [3.63, 3.8) is 0 Å². The second-order valence-electron chi connectivity index (χ2n) is 5.50. The molecule has 0 aliphatic carbocycles. The second kappa shape index (κ2) is 5.53. The summed E-state index contributed by atoms with van der Waals surface area (Å²) < 4.78 is 3.33. The van der Waals surface area contributed by atoms with Gasteiger partial charge in [-0.05, 0) is 47.9 Å². The lowest BCUT2D eigenvalue weighted by Crippen LogP contribution is -2.25. The maximum Gasteiger partial charge on any atom is 0.251 e. The smallest absolute Gasteiger partial charge is 0.251 e. The molecule has 22 heavy (non-hydrogen) atoms. The van der Waals surface area contributed by atoms with Crippen LogP contribution < -0.4 is 5.32 Å². The van der Waals surface area contributed by atoms with Crippen LogP contribution in [0.4, 0.5) is 0 Å². The lowest BCUT2D eigenvalue weighted by molar-refractivity contribution is 0.0949. The first kappa shape index (κ1) is 13.5. The molecule has 3 heterocycles. The molecular formula is C16H16N4OS. The third-order valence-corrected chi connectivity index (χ3v) is 4.96. The summed E-state index contributed by atoms with van der Waals surface area (Å²) in [6.45, 7) is 1.38. The fraction of sp³-hybridized carbons (Fsp3) is 0.312. The zero-order valence-corrected chi connectivity index (χ0v) is 12.9. The molecule has 6 heteroatoms. The van der Waals surface area contributed by atoms with Gasteiger partial charge in [0, 0.05) is 23.2 Å². The molecule has 0 atom stereocenters. The fourth-order valence-electron chi connectivity index (χ4n) is 2.87. The van der Waals surface area contributed by atoms with Crippen LogP contribution in [0, 0.1) is 0 Å². The lowest BCUT2D eigenvalue weighted by Gasteiger charge is -2.14. The predicted molar refractivity (Wildman–Crippen MR) is 86.0 cm³/mol. The first-order valence-corrected chi connectivity index (χ1v) is 8.35. The Morgan fingerprint density at radius 1 is 1.27 bits per heavy atom. The van der Waals surface area contributed by atoms with E-state index in [-0.39, 0.29) is 5.91 Å². The van der Waals surface area contributed by atoms with Gasteiger partial charge in [0.15, 0.2) is 5.82 Å². The number of carbonyl (C=O) groups is 1. The van der Waals surface area contributed by atoms with Crippen molar-refractivity contribution >= 4 is 27.3 Å². The number of fused-ring (bicyclic) bond motifs is 2. The summed E-state index contributed by atoms with van der Waals surface area (Å²) in [5.74, 6) is 1.82. The molecule has 2 aromatic heterocycles. The molecule has 4 rings (SSSR count). The first-order chi connectivity index (χ1) is 10.8. The van der Waals surface area contributed by atoms with Gasteiger partial charge in [-0.3, -0.25) is 4.79 Å². The number of hydrogen-bond donors (Lipinski definition) is 1. The summed E-state index contributed by atoms with van der Waals surface area (Å²) in [5, 5.41) is 14.5. The van der Waals surface area contributed by atoms with E-state index in [1.165, 1.54) is 11.1 Å². The molecule has 112 valence electrons. The summed E-state index contributed by atoms with van der Waals surface area (Å²) in [6.07, 6.45) is 3.31. The number of carbonyl (C=O) groups excluding carboxylic acids is 1. The summed E-state index contributed by atoms with van der Waals surface area (Å²) in [7, 11) is 0. The number of aryl methyl sites for hydroxylation is 1. The monoisotopic (exact) mass is 312 g/mol. The van der Waals surface area contributed by atoms with Crippen molar-refractivity contribution < 1.29 is 4.79 Å². The molecule has 0 unspecified atom stereocenters. The van der Waals surface area contributed by atoms with Gasteiger partial charge < -0.3 is 9.88 Å². The van der Waals surface area contributed by atoms with Crippen LogP contribution in [0.2, 0.25) is 0 Å². The zero-order valence-electron chi connectivity index (χ0n) is 12.1. The van der Waals surface area contributed by atoms with E-state index in [0.29, 0.717) is 12.1 Å². The molecule has 0 radical (unpaired) electrons. The predicted octanol–water partition coefficient (Wildman–Crippen LogP) is 2.76. The van der Waals surface area contributed by atoms with Crippen LogP contribution in [0.25, 0.3) is 10.1 Å². The van der Waals surface area contributed by atoms with Crippen molar-refractivity contribution in [3.05, 3.63) is 46.9 Å². The molecule has 1 aliphatic rings. The number of rotatable bonds is 3. The molecule has 0 bridgehead atoms.